The van der Waals surface area contributed by atoms with Crippen molar-refractivity contribution in [1.29, 1.82) is 0 Å². The number of hydrogen-bond acceptors (Lipinski definition) is 7. The fraction of sp³-hybridized carbons (Fsp3) is 0.353. The molecule has 0 saturated carbocycles. The number of rotatable bonds is 5. The van der Waals surface area contributed by atoms with Crippen molar-refractivity contribution in [2.24, 2.45) is 13.0 Å². The van der Waals surface area contributed by atoms with Crippen molar-refractivity contribution in [3.05, 3.63) is 36.2 Å². The van der Waals surface area contributed by atoms with Crippen LogP contribution in [0.1, 0.15) is 5.56 Å². The Balaban J connectivity index is 1.30. The van der Waals surface area contributed by atoms with Gasteiger partial charge in [0.25, 0.3) is 0 Å². The Bertz CT molecular complexity index is 1030. The number of alkyl halides is 3. The first-order valence-electron chi connectivity index (χ1n) is 8.68. The Kier molecular flexibility index (Phi) is 4.68. The molecule has 1 amide bonds. The number of aryl methyl sites for hydroxylation is 1. The Morgan fingerprint density at radius 3 is 2.66 bits per heavy atom. The number of carbonyl (C=O) groups excluding carboxylic acids is 1. The molecule has 1 saturated heterocycles. The summed E-state index contributed by atoms with van der Waals surface area (Å²) in [5, 5.41) is 10.8. The Morgan fingerprint density at radius 1 is 1.24 bits per heavy atom. The molecule has 4 rings (SSSR count). The minimum atomic E-state index is -4.73. The van der Waals surface area contributed by atoms with E-state index in [-0.39, 0.29) is 24.1 Å². The molecule has 3 aromatic rings. The van der Waals surface area contributed by atoms with E-state index in [0.717, 1.165) is 0 Å². The number of halogens is 3. The fourth-order valence-electron chi connectivity index (χ4n) is 3.03. The number of ether oxygens (including phenoxy) is 1. The zero-order chi connectivity index (χ0) is 20.6. The van der Waals surface area contributed by atoms with Gasteiger partial charge < -0.3 is 15.0 Å². The summed E-state index contributed by atoms with van der Waals surface area (Å²) >= 11 is 0. The molecule has 1 N–H and O–H groups in total. The van der Waals surface area contributed by atoms with Gasteiger partial charge in [-0.25, -0.2) is 14.6 Å². The minimum Gasteiger partial charge on any atom is -0.406 e. The standard InChI is InChI=1S/C17H16F3N7O2/c1-26-14-13(24-25-26)15(23-9-22-14)27-7-11(8-27)16(28)21-6-10-2-4-12(5-3-10)29-17(18,19)20/h2-5,9,11H,6-8H2,1H3,(H,21,28). The summed E-state index contributed by atoms with van der Waals surface area (Å²) in [6.45, 7) is 1.17. The van der Waals surface area contributed by atoms with Gasteiger partial charge in [-0.2, -0.15) is 0 Å². The van der Waals surface area contributed by atoms with Crippen molar-refractivity contribution < 1.29 is 22.7 Å². The van der Waals surface area contributed by atoms with E-state index in [9.17, 15) is 18.0 Å². The van der Waals surface area contributed by atoms with Gasteiger partial charge in [0.1, 0.15) is 12.1 Å². The van der Waals surface area contributed by atoms with Gasteiger partial charge in [-0.15, -0.1) is 18.3 Å². The van der Waals surface area contributed by atoms with Crippen LogP contribution in [-0.2, 0) is 18.4 Å². The lowest BCUT2D eigenvalue weighted by Crippen LogP contribution is -2.54. The van der Waals surface area contributed by atoms with Crippen molar-refractivity contribution in [3.63, 3.8) is 0 Å². The summed E-state index contributed by atoms with van der Waals surface area (Å²) in [6.07, 6.45) is -3.30. The lowest BCUT2D eigenvalue weighted by atomic mass is 9.99. The number of benzene rings is 1. The smallest absolute Gasteiger partial charge is 0.406 e. The van der Waals surface area contributed by atoms with E-state index in [1.165, 1.54) is 30.6 Å². The normalized spacial score (nSPS) is 14.7. The molecule has 1 aliphatic heterocycles. The first-order chi connectivity index (χ1) is 13.8. The second kappa shape index (κ2) is 7.18. The number of carbonyl (C=O) groups is 1. The predicted molar refractivity (Wildman–Crippen MR) is 94.8 cm³/mol. The zero-order valence-corrected chi connectivity index (χ0v) is 15.2. The highest BCUT2D eigenvalue weighted by Crippen LogP contribution is 2.27. The van der Waals surface area contributed by atoms with Crippen LogP contribution in [0.15, 0.2) is 30.6 Å². The predicted octanol–water partition coefficient (Wildman–Crippen LogP) is 1.41. The lowest BCUT2D eigenvalue weighted by molar-refractivity contribution is -0.274. The topological polar surface area (TPSA) is 98.1 Å². The Hall–Kier alpha value is -3.44. The van der Waals surface area contributed by atoms with Gasteiger partial charge in [0.2, 0.25) is 5.91 Å². The van der Waals surface area contributed by atoms with Crippen molar-refractivity contribution in [2.45, 2.75) is 12.9 Å². The Morgan fingerprint density at radius 2 is 1.97 bits per heavy atom. The number of amides is 1. The average Bonchev–Trinajstić information content (AvgIpc) is 3.01. The van der Waals surface area contributed by atoms with Crippen LogP contribution in [-0.4, -0.2) is 50.3 Å². The summed E-state index contributed by atoms with van der Waals surface area (Å²) in [6, 6.07) is 5.36. The SMILES string of the molecule is Cn1nnc2c(N3CC(C(=O)NCc4ccc(OC(F)(F)F)cc4)C3)ncnc21. The maximum absolute atomic E-state index is 12.3. The third-order valence-corrected chi connectivity index (χ3v) is 4.54. The minimum absolute atomic E-state index is 0.138. The molecule has 29 heavy (non-hydrogen) atoms. The van der Waals surface area contributed by atoms with Crippen LogP contribution in [0, 0.1) is 5.92 Å². The van der Waals surface area contributed by atoms with E-state index in [2.05, 4.69) is 30.3 Å². The highest BCUT2D eigenvalue weighted by Gasteiger charge is 2.35. The van der Waals surface area contributed by atoms with E-state index in [0.29, 0.717) is 35.6 Å². The van der Waals surface area contributed by atoms with Gasteiger partial charge in [0, 0.05) is 26.7 Å². The monoisotopic (exact) mass is 407 g/mol. The maximum atomic E-state index is 12.3. The van der Waals surface area contributed by atoms with Crippen LogP contribution >= 0.6 is 0 Å². The number of nitrogens with one attached hydrogen (secondary N) is 1. The molecule has 0 aliphatic carbocycles. The lowest BCUT2D eigenvalue weighted by Gasteiger charge is -2.38. The molecular formula is C17H16F3N7O2. The van der Waals surface area contributed by atoms with Crippen LogP contribution in [0.4, 0.5) is 19.0 Å². The molecule has 0 radical (unpaired) electrons. The molecule has 0 atom stereocenters. The summed E-state index contributed by atoms with van der Waals surface area (Å²) in [5.41, 5.74) is 1.86. The van der Waals surface area contributed by atoms with Crippen LogP contribution in [0.25, 0.3) is 11.2 Å². The molecule has 0 bridgehead atoms. The fourth-order valence-corrected chi connectivity index (χ4v) is 3.03. The molecule has 12 heteroatoms. The molecule has 1 aromatic carbocycles. The summed E-state index contributed by atoms with van der Waals surface area (Å²) in [5.74, 6) is -0.0272. The highest BCUT2D eigenvalue weighted by atomic mass is 19.4. The van der Waals surface area contributed by atoms with Crippen LogP contribution in [0.5, 0.6) is 5.75 Å². The molecular weight excluding hydrogens is 391 g/mol. The molecule has 152 valence electrons. The van der Waals surface area contributed by atoms with E-state index in [1.807, 2.05) is 4.90 Å². The van der Waals surface area contributed by atoms with Gasteiger partial charge in [-0.05, 0) is 17.7 Å². The second-order valence-corrected chi connectivity index (χ2v) is 6.59. The highest BCUT2D eigenvalue weighted by molar-refractivity contribution is 5.86. The first-order valence-corrected chi connectivity index (χ1v) is 8.68. The number of aromatic nitrogens is 5. The number of nitrogens with zero attached hydrogens (tertiary/aromatic N) is 6. The zero-order valence-electron chi connectivity index (χ0n) is 15.2. The largest absolute Gasteiger partial charge is 0.573 e. The van der Waals surface area contributed by atoms with Gasteiger partial charge in [0.15, 0.2) is 17.0 Å². The number of hydrogen-bond donors (Lipinski definition) is 1. The quantitative estimate of drug-likeness (QED) is 0.683. The van der Waals surface area contributed by atoms with Gasteiger partial charge in [0.05, 0.1) is 5.92 Å². The molecule has 0 unspecified atom stereocenters. The van der Waals surface area contributed by atoms with Gasteiger partial charge >= 0.3 is 6.36 Å². The van der Waals surface area contributed by atoms with Crippen molar-refractivity contribution >= 4 is 22.9 Å². The van der Waals surface area contributed by atoms with Crippen molar-refractivity contribution in [2.75, 3.05) is 18.0 Å². The van der Waals surface area contributed by atoms with E-state index in [4.69, 9.17) is 0 Å². The van der Waals surface area contributed by atoms with Gasteiger partial charge in [-0.3, -0.25) is 4.79 Å². The number of fused-ring (bicyclic) bond motifs is 1. The van der Waals surface area contributed by atoms with Crippen LogP contribution in [0.2, 0.25) is 0 Å². The summed E-state index contributed by atoms with van der Waals surface area (Å²) in [7, 11) is 1.74. The molecule has 2 aromatic heterocycles. The molecule has 1 fully saturated rings. The third kappa shape index (κ3) is 4.05. The van der Waals surface area contributed by atoms with Gasteiger partial charge in [-0.1, -0.05) is 17.3 Å². The Labute approximate surface area is 162 Å². The van der Waals surface area contributed by atoms with Crippen LogP contribution in [0.3, 0.4) is 0 Å². The van der Waals surface area contributed by atoms with Crippen LogP contribution < -0.4 is 15.0 Å². The van der Waals surface area contributed by atoms with Crippen molar-refractivity contribution in [3.8, 4) is 5.75 Å². The second-order valence-electron chi connectivity index (χ2n) is 6.59. The average molecular weight is 407 g/mol. The maximum Gasteiger partial charge on any atom is 0.573 e. The molecule has 9 nitrogen and oxygen atoms in total. The van der Waals surface area contributed by atoms with E-state index in [1.54, 1.807) is 11.7 Å². The molecule has 1 aliphatic rings. The third-order valence-electron chi connectivity index (χ3n) is 4.54. The summed E-state index contributed by atoms with van der Waals surface area (Å²) < 4.78 is 41.9. The van der Waals surface area contributed by atoms with E-state index >= 15 is 0 Å². The number of anilines is 1. The van der Waals surface area contributed by atoms with Crippen molar-refractivity contribution in [1.82, 2.24) is 30.3 Å². The molecule has 3 heterocycles. The molecule has 0 spiro atoms. The summed E-state index contributed by atoms with van der Waals surface area (Å²) in [4.78, 5) is 22.6. The first kappa shape index (κ1) is 18.9. The van der Waals surface area contributed by atoms with E-state index < -0.39 is 6.36 Å².